The van der Waals surface area contributed by atoms with E-state index < -0.39 is 10.0 Å². The summed E-state index contributed by atoms with van der Waals surface area (Å²) in [4.78, 5) is 19.5. The van der Waals surface area contributed by atoms with E-state index in [4.69, 9.17) is 21.7 Å². The molecule has 0 aliphatic heterocycles. The number of carbonyl (C=O) groups excluding carboxylic acids is 1. The van der Waals surface area contributed by atoms with Gasteiger partial charge in [-0.05, 0) is 36.5 Å². The van der Waals surface area contributed by atoms with Crippen molar-refractivity contribution in [3.63, 3.8) is 0 Å². The van der Waals surface area contributed by atoms with Gasteiger partial charge >= 0.3 is 6.01 Å². The number of hydrogen-bond acceptors (Lipinski definition) is 8. The Morgan fingerprint density at radius 2 is 1.76 bits per heavy atom. The monoisotopic (exact) mass is 439 g/mol. The van der Waals surface area contributed by atoms with Crippen molar-refractivity contribution in [2.45, 2.75) is 18.7 Å². The molecule has 156 valence electrons. The summed E-state index contributed by atoms with van der Waals surface area (Å²) in [6.07, 6.45) is 0. The predicted octanol–water partition coefficient (Wildman–Crippen LogP) is 1.76. The summed E-state index contributed by atoms with van der Waals surface area (Å²) in [5.74, 6) is -0.298. The zero-order valence-corrected chi connectivity index (χ0v) is 17.8. The highest BCUT2D eigenvalue weighted by Crippen LogP contribution is 2.21. The molecule has 0 saturated heterocycles. The number of aromatic nitrogens is 2. The first kappa shape index (κ1) is 22.3. The zero-order valence-electron chi connectivity index (χ0n) is 16.2. The molecule has 1 aromatic carbocycles. The van der Waals surface area contributed by atoms with Crippen molar-refractivity contribution < 1.29 is 22.7 Å². The maximum absolute atomic E-state index is 12.6. The maximum atomic E-state index is 12.6. The standard InChI is InChI=1S/C17H21N5O5S2/c1-10(2)15(23)21-17(28)18-11-5-7-12(8-6-11)29(24,25)22-13-9-14(26-3)20-16(19-13)27-4/h5-10H,1-4H3,(H,19,20,22)(H2,18,21,23,28). The number of thiocarbonyl (C=S) groups is 1. The molecule has 0 aliphatic rings. The third-order valence-corrected chi connectivity index (χ3v) is 5.07. The molecule has 12 heteroatoms. The summed E-state index contributed by atoms with van der Waals surface area (Å²) >= 11 is 5.06. The number of methoxy groups -OCH3 is 2. The number of rotatable bonds is 7. The highest BCUT2D eigenvalue weighted by molar-refractivity contribution is 7.92. The van der Waals surface area contributed by atoms with E-state index in [2.05, 4.69) is 25.3 Å². The van der Waals surface area contributed by atoms with Gasteiger partial charge in [0.1, 0.15) is 0 Å². The van der Waals surface area contributed by atoms with Crippen molar-refractivity contribution in [1.29, 1.82) is 0 Å². The van der Waals surface area contributed by atoms with Crippen molar-refractivity contribution in [2.75, 3.05) is 24.3 Å². The van der Waals surface area contributed by atoms with Crippen molar-refractivity contribution in [3.05, 3.63) is 30.3 Å². The van der Waals surface area contributed by atoms with Crippen molar-refractivity contribution >= 4 is 44.8 Å². The minimum Gasteiger partial charge on any atom is -0.481 e. The fourth-order valence-electron chi connectivity index (χ4n) is 1.98. The van der Waals surface area contributed by atoms with Crippen LogP contribution in [0.15, 0.2) is 35.2 Å². The first-order valence-corrected chi connectivity index (χ1v) is 10.3. The summed E-state index contributed by atoms with van der Waals surface area (Å²) in [6, 6.07) is 7.08. The van der Waals surface area contributed by atoms with Gasteiger partial charge in [-0.25, -0.2) is 8.42 Å². The van der Waals surface area contributed by atoms with E-state index in [-0.39, 0.29) is 39.5 Å². The lowest BCUT2D eigenvalue weighted by Gasteiger charge is -2.12. The van der Waals surface area contributed by atoms with Crippen LogP contribution in [0.4, 0.5) is 11.5 Å². The first-order valence-electron chi connectivity index (χ1n) is 8.36. The SMILES string of the molecule is COc1cc(NS(=O)(=O)c2ccc(NC(=S)NC(=O)C(C)C)cc2)nc(OC)n1. The number of ether oxygens (including phenoxy) is 2. The van der Waals surface area contributed by atoms with Crippen LogP contribution in [0.25, 0.3) is 0 Å². The van der Waals surface area contributed by atoms with Gasteiger partial charge in [-0.3, -0.25) is 9.52 Å². The lowest BCUT2D eigenvalue weighted by molar-refractivity contribution is -0.122. The van der Waals surface area contributed by atoms with Crippen LogP contribution in [0.2, 0.25) is 0 Å². The van der Waals surface area contributed by atoms with Gasteiger partial charge in [-0.15, -0.1) is 0 Å². The van der Waals surface area contributed by atoms with Crippen molar-refractivity contribution in [3.8, 4) is 11.9 Å². The molecule has 0 saturated carbocycles. The second-order valence-corrected chi connectivity index (χ2v) is 8.10. The van der Waals surface area contributed by atoms with Gasteiger partial charge in [0.2, 0.25) is 11.8 Å². The third-order valence-electron chi connectivity index (χ3n) is 3.50. The van der Waals surface area contributed by atoms with Crippen LogP contribution in [-0.4, -0.2) is 43.6 Å². The van der Waals surface area contributed by atoms with Gasteiger partial charge in [0.25, 0.3) is 10.0 Å². The Bertz CT molecular complexity index is 972. The fraction of sp³-hybridized carbons (Fsp3) is 0.294. The van der Waals surface area contributed by atoms with Crippen LogP contribution in [0.3, 0.4) is 0 Å². The quantitative estimate of drug-likeness (QED) is 0.552. The number of amides is 1. The van der Waals surface area contributed by atoms with E-state index in [0.29, 0.717) is 5.69 Å². The summed E-state index contributed by atoms with van der Waals surface area (Å²) in [6.45, 7) is 3.49. The summed E-state index contributed by atoms with van der Waals surface area (Å²) in [7, 11) is -1.18. The molecule has 0 aliphatic carbocycles. The molecule has 1 aromatic heterocycles. The number of carbonyl (C=O) groups is 1. The Kier molecular flexibility index (Phi) is 7.29. The molecule has 2 rings (SSSR count). The molecule has 3 N–H and O–H groups in total. The third kappa shape index (κ3) is 6.26. The molecular formula is C17H21N5O5S2. The van der Waals surface area contributed by atoms with Crippen LogP contribution in [0, 0.1) is 5.92 Å². The summed E-state index contributed by atoms with van der Waals surface area (Å²) in [5, 5.41) is 5.48. The molecule has 1 heterocycles. The average Bonchev–Trinajstić information content (AvgIpc) is 2.67. The highest BCUT2D eigenvalue weighted by Gasteiger charge is 2.17. The second kappa shape index (κ2) is 9.47. The maximum Gasteiger partial charge on any atom is 0.321 e. The Labute approximate surface area is 174 Å². The molecule has 2 aromatic rings. The molecule has 0 fully saturated rings. The number of nitrogens with one attached hydrogen (secondary N) is 3. The Hall–Kier alpha value is -2.99. The molecule has 1 amide bonds. The number of sulfonamides is 1. The smallest absolute Gasteiger partial charge is 0.321 e. The van der Waals surface area contributed by atoms with Gasteiger partial charge in [0, 0.05) is 17.7 Å². The van der Waals surface area contributed by atoms with E-state index in [1.54, 1.807) is 13.8 Å². The summed E-state index contributed by atoms with van der Waals surface area (Å²) in [5.41, 5.74) is 0.517. The lowest BCUT2D eigenvalue weighted by atomic mass is 10.2. The molecular weight excluding hydrogens is 418 g/mol. The van der Waals surface area contributed by atoms with E-state index in [9.17, 15) is 13.2 Å². The summed E-state index contributed by atoms with van der Waals surface area (Å²) < 4.78 is 37.5. The molecule has 29 heavy (non-hydrogen) atoms. The number of anilines is 2. The normalized spacial score (nSPS) is 10.9. The predicted molar refractivity (Wildman–Crippen MR) is 112 cm³/mol. The van der Waals surface area contributed by atoms with Gasteiger partial charge in [-0.2, -0.15) is 9.97 Å². The minimum atomic E-state index is -3.92. The van der Waals surface area contributed by atoms with Crippen LogP contribution in [-0.2, 0) is 14.8 Å². The number of benzene rings is 1. The second-order valence-electron chi connectivity index (χ2n) is 6.01. The van der Waals surface area contributed by atoms with Crippen LogP contribution in [0.1, 0.15) is 13.8 Å². The van der Waals surface area contributed by atoms with E-state index in [1.807, 2.05) is 0 Å². The van der Waals surface area contributed by atoms with Gasteiger partial charge in [0.05, 0.1) is 19.1 Å². The molecule has 10 nitrogen and oxygen atoms in total. The highest BCUT2D eigenvalue weighted by atomic mass is 32.2. The largest absolute Gasteiger partial charge is 0.481 e. The Morgan fingerprint density at radius 1 is 1.10 bits per heavy atom. The van der Waals surface area contributed by atoms with Crippen LogP contribution in [0.5, 0.6) is 11.9 Å². The van der Waals surface area contributed by atoms with Gasteiger partial charge in [-0.1, -0.05) is 13.8 Å². The first-order chi connectivity index (χ1) is 13.6. The molecule has 0 radical (unpaired) electrons. The van der Waals surface area contributed by atoms with Gasteiger partial charge in [0.15, 0.2) is 10.9 Å². The van der Waals surface area contributed by atoms with Crippen LogP contribution >= 0.6 is 12.2 Å². The number of nitrogens with zero attached hydrogens (tertiary/aromatic N) is 2. The van der Waals surface area contributed by atoms with Crippen LogP contribution < -0.4 is 24.8 Å². The zero-order chi connectivity index (χ0) is 21.6. The van der Waals surface area contributed by atoms with Crippen molar-refractivity contribution in [1.82, 2.24) is 15.3 Å². The fourth-order valence-corrected chi connectivity index (χ4v) is 3.20. The average molecular weight is 440 g/mol. The van der Waals surface area contributed by atoms with E-state index >= 15 is 0 Å². The Balaban J connectivity index is 2.12. The van der Waals surface area contributed by atoms with E-state index in [0.717, 1.165) is 0 Å². The number of hydrogen-bond donors (Lipinski definition) is 3. The van der Waals surface area contributed by atoms with Crippen molar-refractivity contribution in [2.24, 2.45) is 5.92 Å². The molecule has 0 unspecified atom stereocenters. The van der Waals surface area contributed by atoms with Gasteiger partial charge < -0.3 is 20.1 Å². The molecule has 0 bridgehead atoms. The molecule has 0 atom stereocenters. The molecule has 0 spiro atoms. The Morgan fingerprint density at radius 3 is 2.31 bits per heavy atom. The lowest BCUT2D eigenvalue weighted by Crippen LogP contribution is -2.36. The topological polar surface area (TPSA) is 132 Å². The van der Waals surface area contributed by atoms with E-state index in [1.165, 1.54) is 44.6 Å². The minimum absolute atomic E-state index is 0.00303.